The number of amides is 1. The molecular weight excluding hydrogens is 388 g/mol. The lowest BCUT2D eigenvalue weighted by Crippen LogP contribution is -2.40. The maximum absolute atomic E-state index is 12.9. The molecule has 2 aromatic carbocycles. The smallest absolute Gasteiger partial charge is 0.228 e. The molecule has 0 spiro atoms. The van der Waals surface area contributed by atoms with E-state index < -0.39 is 0 Å². The first-order chi connectivity index (χ1) is 15.1. The van der Waals surface area contributed by atoms with E-state index in [-0.39, 0.29) is 11.8 Å². The zero-order valence-corrected chi connectivity index (χ0v) is 18.3. The Hall–Kier alpha value is -3.12. The highest BCUT2D eigenvalue weighted by atomic mass is 16.5. The van der Waals surface area contributed by atoms with Crippen molar-refractivity contribution >= 4 is 11.6 Å². The normalized spacial score (nSPS) is 16.8. The first-order valence-electron chi connectivity index (χ1n) is 10.9. The highest BCUT2D eigenvalue weighted by Crippen LogP contribution is 2.26. The second-order valence-corrected chi connectivity index (χ2v) is 8.08. The molecule has 0 bridgehead atoms. The Morgan fingerprint density at radius 2 is 2.03 bits per heavy atom. The van der Waals surface area contributed by atoms with Gasteiger partial charge < -0.3 is 10.1 Å². The van der Waals surface area contributed by atoms with Crippen molar-refractivity contribution in [1.82, 2.24) is 14.7 Å². The van der Waals surface area contributed by atoms with Crippen molar-refractivity contribution < 1.29 is 9.53 Å². The Bertz CT molecular complexity index is 1010. The van der Waals surface area contributed by atoms with Crippen molar-refractivity contribution in [3.8, 4) is 16.9 Å². The number of methoxy groups -OCH3 is 1. The zero-order valence-electron chi connectivity index (χ0n) is 18.3. The molecule has 0 aliphatic carbocycles. The number of carbonyl (C=O) groups is 1. The van der Waals surface area contributed by atoms with Gasteiger partial charge in [0.1, 0.15) is 5.75 Å². The number of aryl methyl sites for hydroxylation is 1. The van der Waals surface area contributed by atoms with E-state index in [1.807, 2.05) is 53.3 Å². The number of nitrogens with one attached hydrogen (secondary N) is 1. The Balaban J connectivity index is 1.35. The summed E-state index contributed by atoms with van der Waals surface area (Å²) < 4.78 is 7.25. The Morgan fingerprint density at radius 3 is 2.77 bits per heavy atom. The van der Waals surface area contributed by atoms with E-state index in [0.29, 0.717) is 0 Å². The average Bonchev–Trinajstić information content (AvgIpc) is 3.27. The maximum atomic E-state index is 12.9. The third-order valence-electron chi connectivity index (χ3n) is 5.85. The first kappa shape index (κ1) is 21.1. The van der Waals surface area contributed by atoms with Gasteiger partial charge in [0.25, 0.3) is 0 Å². The van der Waals surface area contributed by atoms with Crippen LogP contribution in [0.4, 0.5) is 5.69 Å². The number of benzene rings is 2. The van der Waals surface area contributed by atoms with Crippen LogP contribution in [0.3, 0.4) is 0 Å². The molecule has 3 aromatic rings. The van der Waals surface area contributed by atoms with Crippen LogP contribution in [0.25, 0.3) is 11.1 Å². The molecule has 4 rings (SSSR count). The van der Waals surface area contributed by atoms with Crippen LogP contribution in [0.15, 0.2) is 60.9 Å². The van der Waals surface area contributed by atoms with Crippen LogP contribution < -0.4 is 10.1 Å². The van der Waals surface area contributed by atoms with Crippen LogP contribution in [0.2, 0.25) is 0 Å². The minimum absolute atomic E-state index is 0.00744. The van der Waals surface area contributed by atoms with E-state index in [1.54, 1.807) is 7.11 Å². The molecule has 0 unspecified atom stereocenters. The lowest BCUT2D eigenvalue weighted by molar-refractivity contribution is -0.121. The van der Waals surface area contributed by atoms with Crippen molar-refractivity contribution in [3.05, 3.63) is 66.5 Å². The fraction of sp³-hybridized carbons (Fsp3) is 0.360. The summed E-state index contributed by atoms with van der Waals surface area (Å²) in [4.78, 5) is 15.2. The fourth-order valence-electron chi connectivity index (χ4n) is 4.13. The highest BCUT2D eigenvalue weighted by Gasteiger charge is 2.26. The van der Waals surface area contributed by atoms with E-state index >= 15 is 0 Å². The monoisotopic (exact) mass is 418 g/mol. The van der Waals surface area contributed by atoms with Gasteiger partial charge in [0.15, 0.2) is 0 Å². The molecule has 162 valence electrons. The highest BCUT2D eigenvalue weighted by molar-refractivity contribution is 5.93. The number of aromatic nitrogens is 2. The molecule has 0 saturated carbocycles. The molecule has 6 heteroatoms. The molecule has 1 saturated heterocycles. The lowest BCUT2D eigenvalue weighted by atomic mass is 9.96. The predicted molar refractivity (Wildman–Crippen MR) is 123 cm³/mol. The maximum Gasteiger partial charge on any atom is 0.228 e. The summed E-state index contributed by atoms with van der Waals surface area (Å²) in [5.74, 6) is 0.940. The molecule has 0 radical (unpaired) electrons. The van der Waals surface area contributed by atoms with E-state index in [2.05, 4.69) is 34.5 Å². The number of carbonyl (C=O) groups excluding carboxylic acids is 1. The second kappa shape index (κ2) is 9.79. The van der Waals surface area contributed by atoms with Crippen molar-refractivity contribution in [3.63, 3.8) is 0 Å². The Kier molecular flexibility index (Phi) is 6.67. The van der Waals surface area contributed by atoms with Gasteiger partial charge in [-0.3, -0.25) is 14.4 Å². The van der Waals surface area contributed by atoms with Crippen molar-refractivity contribution in [2.24, 2.45) is 5.92 Å². The van der Waals surface area contributed by atoms with Crippen molar-refractivity contribution in [1.29, 1.82) is 0 Å². The first-order valence-corrected chi connectivity index (χ1v) is 10.9. The molecule has 2 heterocycles. The fourth-order valence-corrected chi connectivity index (χ4v) is 4.13. The quantitative estimate of drug-likeness (QED) is 0.617. The van der Waals surface area contributed by atoms with Gasteiger partial charge in [0.2, 0.25) is 5.91 Å². The van der Waals surface area contributed by atoms with Crippen molar-refractivity contribution in [2.45, 2.75) is 32.9 Å². The average molecular weight is 419 g/mol. The topological polar surface area (TPSA) is 59.4 Å². The van der Waals surface area contributed by atoms with Gasteiger partial charge in [0, 0.05) is 37.1 Å². The molecule has 1 aromatic heterocycles. The molecule has 31 heavy (non-hydrogen) atoms. The predicted octanol–water partition coefficient (Wildman–Crippen LogP) is 4.43. The van der Waals surface area contributed by atoms with E-state index in [4.69, 9.17) is 4.74 Å². The number of rotatable bonds is 7. The number of hydrogen-bond donors (Lipinski definition) is 1. The SMILES string of the molecule is CCn1cc(CN2CCC[C@H](C(=O)Nc3ccc(-c4cccc(OC)c4)cc3)C2)cn1. The van der Waals surface area contributed by atoms with Crippen LogP contribution in [0.5, 0.6) is 5.75 Å². The lowest BCUT2D eigenvalue weighted by Gasteiger charge is -2.31. The number of nitrogens with zero attached hydrogens (tertiary/aromatic N) is 3. The molecule has 1 aliphatic heterocycles. The number of likely N-dealkylation sites (tertiary alicyclic amines) is 1. The van der Waals surface area contributed by atoms with Crippen LogP contribution >= 0.6 is 0 Å². The summed E-state index contributed by atoms with van der Waals surface area (Å²) in [6, 6.07) is 16.0. The molecule has 1 amide bonds. The number of anilines is 1. The molecular formula is C25H30N4O2. The summed E-state index contributed by atoms with van der Waals surface area (Å²) >= 11 is 0. The molecule has 6 nitrogen and oxygen atoms in total. The van der Waals surface area contributed by atoms with Crippen LogP contribution in [-0.2, 0) is 17.9 Å². The summed E-state index contributed by atoms with van der Waals surface area (Å²) in [5, 5.41) is 7.46. The minimum Gasteiger partial charge on any atom is -0.497 e. The third kappa shape index (κ3) is 5.33. The number of hydrogen-bond acceptors (Lipinski definition) is 4. The molecule has 1 aliphatic rings. The van der Waals surface area contributed by atoms with Gasteiger partial charge >= 0.3 is 0 Å². The van der Waals surface area contributed by atoms with E-state index in [9.17, 15) is 4.79 Å². The van der Waals surface area contributed by atoms with Crippen LogP contribution in [-0.4, -0.2) is 40.8 Å². The Labute approximate surface area is 183 Å². The molecule has 1 N–H and O–H groups in total. The van der Waals surface area contributed by atoms with Gasteiger partial charge in [0.05, 0.1) is 19.2 Å². The van der Waals surface area contributed by atoms with E-state index in [1.165, 1.54) is 5.56 Å². The molecule has 1 fully saturated rings. The largest absolute Gasteiger partial charge is 0.497 e. The van der Waals surface area contributed by atoms with E-state index in [0.717, 1.165) is 61.6 Å². The van der Waals surface area contributed by atoms with Gasteiger partial charge in [-0.25, -0.2) is 0 Å². The number of piperidine rings is 1. The summed E-state index contributed by atoms with van der Waals surface area (Å²) in [6.45, 7) is 5.61. The number of ether oxygens (including phenoxy) is 1. The minimum atomic E-state index is 0.00744. The summed E-state index contributed by atoms with van der Waals surface area (Å²) in [6.07, 6.45) is 5.98. The van der Waals surface area contributed by atoms with Gasteiger partial charge in [-0.05, 0) is 61.7 Å². The van der Waals surface area contributed by atoms with Gasteiger partial charge in [-0.2, -0.15) is 5.10 Å². The molecule has 1 atom stereocenters. The third-order valence-corrected chi connectivity index (χ3v) is 5.85. The second-order valence-electron chi connectivity index (χ2n) is 8.08. The van der Waals surface area contributed by atoms with Gasteiger partial charge in [-0.1, -0.05) is 24.3 Å². The van der Waals surface area contributed by atoms with Gasteiger partial charge in [-0.15, -0.1) is 0 Å². The Morgan fingerprint density at radius 1 is 1.19 bits per heavy atom. The standard InChI is InChI=1S/C25H30N4O2/c1-3-29-17-19(15-26-29)16-28-13-5-7-22(18-28)25(30)27-23-11-9-20(10-12-23)21-6-4-8-24(14-21)31-2/h4,6,8-12,14-15,17,22H,3,5,7,13,16,18H2,1-2H3,(H,27,30)/t22-/m0/s1. The zero-order chi connectivity index (χ0) is 21.6. The van der Waals surface area contributed by atoms with Crippen LogP contribution in [0.1, 0.15) is 25.3 Å². The van der Waals surface area contributed by atoms with Crippen molar-refractivity contribution in [2.75, 3.05) is 25.5 Å². The summed E-state index contributed by atoms with van der Waals surface area (Å²) in [5.41, 5.74) is 4.22. The van der Waals surface area contributed by atoms with Crippen LogP contribution in [0, 0.1) is 5.92 Å². The summed E-state index contributed by atoms with van der Waals surface area (Å²) in [7, 11) is 1.67.